The monoisotopic (exact) mass is 440 g/mol. The lowest BCUT2D eigenvalue weighted by atomic mass is 9.91. The third-order valence-corrected chi connectivity index (χ3v) is 8.83. The van der Waals surface area contributed by atoms with Crippen LogP contribution < -0.4 is 0 Å². The van der Waals surface area contributed by atoms with Crippen LogP contribution in [0.25, 0.3) is 0 Å². The molecule has 4 rings (SSSR count). The molecule has 3 nitrogen and oxygen atoms in total. The van der Waals surface area contributed by atoms with Crippen molar-refractivity contribution >= 4 is 21.0 Å². The van der Waals surface area contributed by atoms with Crippen molar-refractivity contribution in [3.05, 3.63) is 91.0 Å². The molecule has 0 amide bonds. The van der Waals surface area contributed by atoms with Crippen LogP contribution in [0.2, 0.25) is 0 Å². The molecule has 0 heterocycles. The first-order valence-corrected chi connectivity index (χ1v) is 13.0. The Kier molecular flexibility index (Phi) is 8.14. The highest BCUT2D eigenvalue weighted by molar-refractivity contribution is 7.97. The van der Waals surface area contributed by atoms with Gasteiger partial charge in [0.2, 0.25) is 0 Å². The number of benzene rings is 3. The fourth-order valence-electron chi connectivity index (χ4n) is 3.60. The first kappa shape index (κ1) is 22.6. The molecule has 0 aliphatic heterocycles. The molecule has 1 aliphatic rings. The fourth-order valence-corrected chi connectivity index (χ4v) is 6.55. The van der Waals surface area contributed by atoms with Gasteiger partial charge in [0, 0.05) is 5.25 Å². The average molecular weight is 441 g/mol. The minimum absolute atomic E-state index is 0.0146. The summed E-state index contributed by atoms with van der Waals surface area (Å²) in [5.74, 6) is 0.591. The van der Waals surface area contributed by atoms with Crippen LogP contribution >= 0.6 is 0 Å². The lowest BCUT2D eigenvalue weighted by Crippen LogP contribution is -2.25. The molecule has 3 aromatic carbocycles. The highest BCUT2D eigenvalue weighted by Crippen LogP contribution is 2.30. The summed E-state index contributed by atoms with van der Waals surface area (Å²) in [6.45, 7) is 2.09. The van der Waals surface area contributed by atoms with Crippen molar-refractivity contribution in [2.24, 2.45) is 5.92 Å². The summed E-state index contributed by atoms with van der Waals surface area (Å²) in [6.07, 6.45) is 2.89. The minimum Gasteiger partial charge on any atom is -0.748 e. The number of hydrogen-bond donors (Lipinski definition) is 0. The van der Waals surface area contributed by atoms with Crippen molar-refractivity contribution < 1.29 is 13.0 Å². The molecule has 0 saturated heterocycles. The smallest absolute Gasteiger partial charge is 0.166 e. The maximum atomic E-state index is 10.5. The van der Waals surface area contributed by atoms with E-state index >= 15 is 0 Å². The van der Waals surface area contributed by atoms with Gasteiger partial charge in [0.25, 0.3) is 0 Å². The van der Waals surface area contributed by atoms with E-state index in [0.29, 0.717) is 18.8 Å². The molecule has 5 heteroatoms. The Morgan fingerprint density at radius 2 is 1.00 bits per heavy atom. The van der Waals surface area contributed by atoms with Gasteiger partial charge in [-0.05, 0) is 68.0 Å². The summed E-state index contributed by atoms with van der Waals surface area (Å²) in [6, 6.07) is 32.2. The highest BCUT2D eigenvalue weighted by Gasteiger charge is 2.27. The van der Waals surface area contributed by atoms with Gasteiger partial charge in [-0.15, -0.1) is 0 Å². The van der Waals surface area contributed by atoms with Crippen LogP contribution in [-0.4, -0.2) is 18.2 Å². The Morgan fingerprint density at radius 3 is 1.30 bits per heavy atom. The second-order valence-corrected chi connectivity index (χ2v) is 11.3. The van der Waals surface area contributed by atoms with E-state index in [4.69, 9.17) is 0 Å². The maximum absolute atomic E-state index is 10.5. The molecule has 3 aromatic rings. The Bertz CT molecular complexity index is 888. The van der Waals surface area contributed by atoms with E-state index in [0.717, 1.165) is 12.8 Å². The Hall–Kier alpha value is -2.08. The molecule has 0 spiro atoms. The zero-order valence-corrected chi connectivity index (χ0v) is 18.8. The molecule has 30 heavy (non-hydrogen) atoms. The van der Waals surface area contributed by atoms with Crippen LogP contribution in [-0.2, 0) is 21.0 Å². The summed E-state index contributed by atoms with van der Waals surface area (Å²) in [7, 11) is -4.01. The van der Waals surface area contributed by atoms with Crippen molar-refractivity contribution in [2.75, 3.05) is 0 Å². The molecule has 1 fully saturated rings. The largest absolute Gasteiger partial charge is 0.748 e. The molecule has 0 aromatic heterocycles. The predicted molar refractivity (Wildman–Crippen MR) is 123 cm³/mol. The van der Waals surface area contributed by atoms with Crippen LogP contribution in [0.4, 0.5) is 0 Å². The maximum Gasteiger partial charge on any atom is 0.166 e. The molecule has 0 atom stereocenters. The Balaban J connectivity index is 0.000000199. The normalized spacial score (nSPS) is 19.0. The number of rotatable bonds is 4. The molecular weight excluding hydrogens is 412 g/mol. The first-order valence-electron chi connectivity index (χ1n) is 10.3. The second-order valence-electron chi connectivity index (χ2n) is 7.62. The SMILES string of the molecule is CC1CCC(S(=O)(=O)[O-])CC1.c1ccc([S+](c2ccccc2)c2ccccc2)cc1. The highest BCUT2D eigenvalue weighted by atomic mass is 32.2. The summed E-state index contributed by atoms with van der Waals surface area (Å²) < 4.78 is 31.6. The van der Waals surface area contributed by atoms with Gasteiger partial charge in [0.05, 0.1) is 21.0 Å². The van der Waals surface area contributed by atoms with Crippen LogP contribution in [0.5, 0.6) is 0 Å². The van der Waals surface area contributed by atoms with E-state index in [1.807, 2.05) is 0 Å². The molecule has 0 radical (unpaired) electrons. The zero-order valence-electron chi connectivity index (χ0n) is 17.2. The predicted octanol–water partition coefficient (Wildman–Crippen LogP) is 5.89. The van der Waals surface area contributed by atoms with Crippen molar-refractivity contribution in [2.45, 2.75) is 52.5 Å². The Morgan fingerprint density at radius 1 is 0.667 bits per heavy atom. The van der Waals surface area contributed by atoms with Gasteiger partial charge in [-0.2, -0.15) is 0 Å². The standard InChI is InChI=1S/C18H15S.C7H14O3S/c1-4-10-16(11-5-1)19(17-12-6-2-7-13-17)18-14-8-3-9-15-18;1-6-2-4-7(5-3-6)11(8,9)10/h1-15H;6-7H,2-5H2,1H3,(H,8,9,10)/q+1;/p-1. The van der Waals surface area contributed by atoms with Gasteiger partial charge in [0.15, 0.2) is 14.7 Å². The van der Waals surface area contributed by atoms with E-state index in [2.05, 4.69) is 97.9 Å². The lowest BCUT2D eigenvalue weighted by Gasteiger charge is -2.27. The third-order valence-electron chi connectivity index (χ3n) is 5.31. The second kappa shape index (κ2) is 10.8. The van der Waals surface area contributed by atoms with E-state index in [-0.39, 0.29) is 10.9 Å². The van der Waals surface area contributed by atoms with Gasteiger partial charge in [-0.3, -0.25) is 0 Å². The van der Waals surface area contributed by atoms with E-state index in [9.17, 15) is 13.0 Å². The fraction of sp³-hybridized carbons (Fsp3) is 0.280. The molecule has 1 saturated carbocycles. The van der Waals surface area contributed by atoms with Crippen molar-refractivity contribution in [1.29, 1.82) is 0 Å². The van der Waals surface area contributed by atoms with Crippen molar-refractivity contribution in [1.82, 2.24) is 0 Å². The summed E-state index contributed by atoms with van der Waals surface area (Å²) >= 11 is 0. The molecule has 1 aliphatic carbocycles. The zero-order chi connectivity index (χ0) is 21.4. The van der Waals surface area contributed by atoms with E-state index < -0.39 is 15.4 Å². The average Bonchev–Trinajstić information content (AvgIpc) is 2.76. The van der Waals surface area contributed by atoms with Gasteiger partial charge in [0.1, 0.15) is 0 Å². The molecule has 0 N–H and O–H groups in total. The Labute approximate surface area is 183 Å². The molecular formula is C25H28O3S2. The summed E-state index contributed by atoms with van der Waals surface area (Å²) in [5, 5.41) is -0.598. The molecule has 0 unspecified atom stereocenters. The third kappa shape index (κ3) is 6.46. The van der Waals surface area contributed by atoms with Crippen molar-refractivity contribution in [3.8, 4) is 0 Å². The first-order chi connectivity index (χ1) is 14.4. The van der Waals surface area contributed by atoms with Gasteiger partial charge < -0.3 is 4.55 Å². The topological polar surface area (TPSA) is 57.2 Å². The van der Waals surface area contributed by atoms with Crippen LogP contribution in [0.1, 0.15) is 32.6 Å². The van der Waals surface area contributed by atoms with E-state index in [1.165, 1.54) is 14.7 Å². The van der Waals surface area contributed by atoms with Crippen LogP contribution in [0.15, 0.2) is 106 Å². The van der Waals surface area contributed by atoms with Gasteiger partial charge >= 0.3 is 0 Å². The van der Waals surface area contributed by atoms with Crippen molar-refractivity contribution in [3.63, 3.8) is 0 Å². The summed E-state index contributed by atoms with van der Waals surface area (Å²) in [5.41, 5.74) is 0. The van der Waals surface area contributed by atoms with E-state index in [1.54, 1.807) is 0 Å². The summed E-state index contributed by atoms with van der Waals surface area (Å²) in [4.78, 5) is 4.08. The van der Waals surface area contributed by atoms with Gasteiger partial charge in [-0.25, -0.2) is 8.42 Å². The van der Waals surface area contributed by atoms with Gasteiger partial charge in [-0.1, -0.05) is 61.5 Å². The number of hydrogen-bond acceptors (Lipinski definition) is 3. The van der Waals surface area contributed by atoms with Crippen LogP contribution in [0.3, 0.4) is 0 Å². The quantitative estimate of drug-likeness (QED) is 0.375. The molecule has 0 bridgehead atoms. The molecule has 158 valence electrons. The minimum atomic E-state index is -4.00. The van der Waals surface area contributed by atoms with Crippen LogP contribution in [0, 0.1) is 5.92 Å². The lowest BCUT2D eigenvalue weighted by molar-refractivity contribution is 0.359.